The van der Waals surface area contributed by atoms with Gasteiger partial charge in [0.25, 0.3) is 0 Å². The summed E-state index contributed by atoms with van der Waals surface area (Å²) in [6.45, 7) is 10.2. The second-order valence-electron chi connectivity index (χ2n) is 12.9. The molecule has 9 nitrogen and oxygen atoms in total. The van der Waals surface area contributed by atoms with Crippen LogP contribution in [-0.2, 0) is 20.3 Å². The number of fused-ring (bicyclic) bond motifs is 1. The standard InChI is InChI=1S/C37H41N5O4/c1-25-34(37(2,3)4)42(36(43)44)22-21-41(25)30-18-12-17-28-32(39-40(5)33(28)30)29-19-20-31(45-23-26-13-8-6-9-14-26)38-35(29)46-24-27-15-10-7-11-16-27/h6-20,25,34H,21-24H2,1-5H3,(H,43,44)/t25-,34?/m0/s1. The van der Waals surface area contributed by atoms with E-state index in [2.05, 4.69) is 44.7 Å². The highest BCUT2D eigenvalue weighted by molar-refractivity contribution is 6.01. The molecular formula is C37H41N5O4. The van der Waals surface area contributed by atoms with Gasteiger partial charge in [-0.05, 0) is 35.6 Å². The molecule has 1 aliphatic heterocycles. The molecule has 3 aromatic carbocycles. The number of carboxylic acid groups (broad SMARTS) is 1. The highest BCUT2D eigenvalue weighted by atomic mass is 16.5. The minimum absolute atomic E-state index is 0.0544. The van der Waals surface area contributed by atoms with E-state index < -0.39 is 6.09 Å². The van der Waals surface area contributed by atoms with E-state index in [9.17, 15) is 9.90 Å². The first kappa shape index (κ1) is 31.0. The average molecular weight is 620 g/mol. The van der Waals surface area contributed by atoms with E-state index in [0.29, 0.717) is 38.1 Å². The highest BCUT2D eigenvalue weighted by Crippen LogP contribution is 2.41. The zero-order chi connectivity index (χ0) is 32.4. The van der Waals surface area contributed by atoms with Crippen molar-refractivity contribution >= 4 is 22.7 Å². The van der Waals surface area contributed by atoms with E-state index >= 15 is 0 Å². The Bertz CT molecular complexity index is 1820. The number of piperazine rings is 1. The molecule has 238 valence electrons. The van der Waals surface area contributed by atoms with Gasteiger partial charge in [-0.2, -0.15) is 10.1 Å². The quantitative estimate of drug-likeness (QED) is 0.194. The molecular weight excluding hydrogens is 578 g/mol. The van der Waals surface area contributed by atoms with Gasteiger partial charge in [-0.15, -0.1) is 0 Å². The van der Waals surface area contributed by atoms with Gasteiger partial charge >= 0.3 is 6.09 Å². The zero-order valence-electron chi connectivity index (χ0n) is 27.1. The molecule has 1 unspecified atom stereocenters. The summed E-state index contributed by atoms with van der Waals surface area (Å²) in [4.78, 5) is 20.9. The van der Waals surface area contributed by atoms with Crippen LogP contribution < -0.4 is 14.4 Å². The van der Waals surface area contributed by atoms with Crippen molar-refractivity contribution in [3.05, 3.63) is 102 Å². The normalized spacial score (nSPS) is 16.9. The summed E-state index contributed by atoms with van der Waals surface area (Å²) in [5, 5.41) is 16.0. The van der Waals surface area contributed by atoms with Gasteiger partial charge in [0.05, 0.1) is 22.8 Å². The lowest BCUT2D eigenvalue weighted by Crippen LogP contribution is -2.64. The van der Waals surface area contributed by atoms with E-state index in [4.69, 9.17) is 19.6 Å². The smallest absolute Gasteiger partial charge is 0.407 e. The fraction of sp³-hybridized carbons (Fsp3) is 0.324. The number of aryl methyl sites for hydroxylation is 1. The van der Waals surface area contributed by atoms with Gasteiger partial charge < -0.3 is 24.4 Å². The van der Waals surface area contributed by atoms with Crippen LogP contribution in [0.5, 0.6) is 11.8 Å². The zero-order valence-corrected chi connectivity index (χ0v) is 27.1. The van der Waals surface area contributed by atoms with Crippen LogP contribution in [0, 0.1) is 5.41 Å². The van der Waals surface area contributed by atoms with Gasteiger partial charge in [-0.3, -0.25) is 4.68 Å². The van der Waals surface area contributed by atoms with Crippen LogP contribution in [-0.4, -0.2) is 56.0 Å². The SMILES string of the molecule is C[C@H]1C(C(C)(C)C)N(C(=O)O)CCN1c1cccc2c(-c3ccc(OCc4ccccc4)nc3OCc3ccccc3)nn(C)c12. The predicted octanol–water partition coefficient (Wildman–Crippen LogP) is 7.40. The average Bonchev–Trinajstić information content (AvgIpc) is 3.39. The number of nitrogens with zero attached hydrogens (tertiary/aromatic N) is 5. The van der Waals surface area contributed by atoms with Crippen molar-refractivity contribution in [2.45, 2.75) is 53.0 Å². The van der Waals surface area contributed by atoms with Gasteiger partial charge in [0.15, 0.2) is 0 Å². The second-order valence-corrected chi connectivity index (χ2v) is 12.9. The Labute approximate surface area is 270 Å². The number of ether oxygens (including phenoxy) is 2. The maximum Gasteiger partial charge on any atom is 0.407 e. The van der Waals surface area contributed by atoms with Crippen molar-refractivity contribution in [2.24, 2.45) is 12.5 Å². The molecule has 2 atom stereocenters. The van der Waals surface area contributed by atoms with Crippen LogP contribution in [0.2, 0.25) is 0 Å². The van der Waals surface area contributed by atoms with Gasteiger partial charge in [0, 0.05) is 37.6 Å². The van der Waals surface area contributed by atoms with Crippen LogP contribution in [0.1, 0.15) is 38.8 Å². The summed E-state index contributed by atoms with van der Waals surface area (Å²) < 4.78 is 14.3. The number of amides is 1. The highest BCUT2D eigenvalue weighted by Gasteiger charge is 2.43. The number of rotatable bonds is 8. The molecule has 6 rings (SSSR count). The summed E-state index contributed by atoms with van der Waals surface area (Å²) in [6.07, 6.45) is -0.876. The van der Waals surface area contributed by atoms with Crippen molar-refractivity contribution in [1.82, 2.24) is 19.7 Å². The molecule has 5 aromatic rings. The number of pyridine rings is 1. The molecule has 9 heteroatoms. The first-order valence-electron chi connectivity index (χ1n) is 15.7. The number of anilines is 1. The number of para-hydroxylation sites is 1. The Kier molecular flexibility index (Phi) is 8.58. The molecule has 1 saturated heterocycles. The van der Waals surface area contributed by atoms with Gasteiger partial charge in [-0.1, -0.05) is 93.6 Å². The molecule has 1 amide bonds. The molecule has 0 spiro atoms. The molecule has 3 heterocycles. The van der Waals surface area contributed by atoms with E-state index in [-0.39, 0.29) is 17.5 Å². The fourth-order valence-electron chi connectivity index (χ4n) is 6.73. The number of hydrogen-bond donors (Lipinski definition) is 1. The third-order valence-corrected chi connectivity index (χ3v) is 8.69. The largest absolute Gasteiger partial charge is 0.473 e. The summed E-state index contributed by atoms with van der Waals surface area (Å²) in [6, 6.07) is 29.8. The molecule has 0 bridgehead atoms. The van der Waals surface area contributed by atoms with E-state index in [1.807, 2.05) is 90.6 Å². The van der Waals surface area contributed by atoms with Crippen LogP contribution in [0.3, 0.4) is 0 Å². The Morgan fingerprint density at radius 1 is 0.870 bits per heavy atom. The topological polar surface area (TPSA) is 93.0 Å². The van der Waals surface area contributed by atoms with Gasteiger partial charge in [0.2, 0.25) is 11.8 Å². The third-order valence-electron chi connectivity index (χ3n) is 8.69. The molecule has 1 aliphatic rings. The van der Waals surface area contributed by atoms with Crippen molar-refractivity contribution < 1.29 is 19.4 Å². The second kappa shape index (κ2) is 12.7. The monoisotopic (exact) mass is 619 g/mol. The van der Waals surface area contributed by atoms with Gasteiger partial charge in [0.1, 0.15) is 18.9 Å². The number of hydrogen-bond acceptors (Lipinski definition) is 6. The van der Waals surface area contributed by atoms with Gasteiger partial charge in [-0.25, -0.2) is 4.79 Å². The Hall–Kier alpha value is -5.05. The fourth-order valence-corrected chi connectivity index (χ4v) is 6.73. The minimum Gasteiger partial charge on any atom is -0.473 e. The van der Waals surface area contributed by atoms with E-state index in [1.165, 1.54) is 0 Å². The Balaban J connectivity index is 1.38. The lowest BCUT2D eigenvalue weighted by atomic mass is 9.79. The van der Waals surface area contributed by atoms with Crippen LogP contribution >= 0.6 is 0 Å². The van der Waals surface area contributed by atoms with Crippen molar-refractivity contribution in [2.75, 3.05) is 18.0 Å². The van der Waals surface area contributed by atoms with Crippen LogP contribution in [0.15, 0.2) is 91.0 Å². The summed E-state index contributed by atoms with van der Waals surface area (Å²) in [7, 11) is 1.95. The van der Waals surface area contributed by atoms with Crippen LogP contribution in [0.25, 0.3) is 22.2 Å². The van der Waals surface area contributed by atoms with E-state index in [1.54, 1.807) is 4.90 Å². The van der Waals surface area contributed by atoms with Crippen molar-refractivity contribution in [3.8, 4) is 23.0 Å². The summed E-state index contributed by atoms with van der Waals surface area (Å²) in [5.41, 5.74) is 5.35. The lowest BCUT2D eigenvalue weighted by Gasteiger charge is -2.51. The molecule has 46 heavy (non-hydrogen) atoms. The Morgan fingerprint density at radius 2 is 1.52 bits per heavy atom. The Morgan fingerprint density at radius 3 is 2.15 bits per heavy atom. The van der Waals surface area contributed by atoms with Crippen LogP contribution in [0.4, 0.5) is 10.5 Å². The molecule has 2 aromatic heterocycles. The summed E-state index contributed by atoms with van der Waals surface area (Å²) in [5.74, 6) is 0.908. The number of benzene rings is 3. The predicted molar refractivity (Wildman–Crippen MR) is 180 cm³/mol. The van der Waals surface area contributed by atoms with E-state index in [0.717, 1.165) is 39.0 Å². The molecule has 0 saturated carbocycles. The first-order valence-corrected chi connectivity index (χ1v) is 15.7. The minimum atomic E-state index is -0.876. The maximum absolute atomic E-state index is 12.2. The van der Waals surface area contributed by atoms with Crippen molar-refractivity contribution in [1.29, 1.82) is 0 Å². The van der Waals surface area contributed by atoms with Crippen molar-refractivity contribution in [3.63, 3.8) is 0 Å². The third kappa shape index (κ3) is 6.22. The first-order chi connectivity index (χ1) is 22.1. The molecule has 1 fully saturated rings. The number of carbonyl (C=O) groups is 1. The lowest BCUT2D eigenvalue weighted by molar-refractivity contribution is 0.0565. The summed E-state index contributed by atoms with van der Waals surface area (Å²) >= 11 is 0. The molecule has 0 radical (unpaired) electrons. The number of aromatic nitrogens is 3. The molecule has 1 N–H and O–H groups in total. The molecule has 0 aliphatic carbocycles. The maximum atomic E-state index is 12.2.